The van der Waals surface area contributed by atoms with Crippen molar-refractivity contribution in [3.8, 4) is 0 Å². The predicted octanol–water partition coefficient (Wildman–Crippen LogP) is 3.45. The Morgan fingerprint density at radius 1 is 1.32 bits per heavy atom. The maximum Gasteiger partial charge on any atom is 0.0933 e. The van der Waals surface area contributed by atoms with Crippen LogP contribution in [0, 0.1) is 0 Å². The number of hydrogen-bond acceptors (Lipinski definition) is 3. The third-order valence-electron chi connectivity index (χ3n) is 3.23. The van der Waals surface area contributed by atoms with Crippen LogP contribution in [0.3, 0.4) is 0 Å². The quantitative estimate of drug-likeness (QED) is 0.904. The zero-order valence-corrected chi connectivity index (χ0v) is 12.5. The van der Waals surface area contributed by atoms with Crippen LogP contribution in [0.4, 0.5) is 0 Å². The predicted molar refractivity (Wildman–Crippen MR) is 78.1 cm³/mol. The molecule has 0 amide bonds. The Morgan fingerprint density at radius 3 is 2.79 bits per heavy atom. The van der Waals surface area contributed by atoms with E-state index in [1.807, 2.05) is 18.2 Å². The van der Waals surface area contributed by atoms with E-state index in [1.165, 1.54) is 0 Å². The summed E-state index contributed by atoms with van der Waals surface area (Å²) in [7, 11) is 0. The van der Waals surface area contributed by atoms with Gasteiger partial charge in [0.15, 0.2) is 0 Å². The second-order valence-electron chi connectivity index (χ2n) is 4.61. The minimum Gasteiger partial charge on any atom is -0.376 e. The Kier molecular flexibility index (Phi) is 5.92. The van der Waals surface area contributed by atoms with Gasteiger partial charge in [-0.2, -0.15) is 0 Å². The van der Waals surface area contributed by atoms with Crippen molar-refractivity contribution >= 4 is 23.2 Å². The molecule has 106 valence electrons. The molecule has 0 saturated carbocycles. The van der Waals surface area contributed by atoms with E-state index in [9.17, 15) is 0 Å². The van der Waals surface area contributed by atoms with Gasteiger partial charge in [0.1, 0.15) is 0 Å². The highest BCUT2D eigenvalue weighted by atomic mass is 35.5. The van der Waals surface area contributed by atoms with E-state index in [1.54, 1.807) is 0 Å². The molecule has 1 heterocycles. The fourth-order valence-corrected chi connectivity index (χ4v) is 2.46. The number of hydrogen-bond donors (Lipinski definition) is 1. The molecule has 1 saturated heterocycles. The molecule has 2 unspecified atom stereocenters. The molecule has 1 aromatic rings. The van der Waals surface area contributed by atoms with Crippen molar-refractivity contribution in [2.24, 2.45) is 0 Å². The Bertz CT molecular complexity index is 408. The molecule has 1 aromatic carbocycles. The summed E-state index contributed by atoms with van der Waals surface area (Å²) in [5, 5.41) is 4.68. The summed E-state index contributed by atoms with van der Waals surface area (Å²) in [6.45, 7) is 4.94. The van der Waals surface area contributed by atoms with Gasteiger partial charge in [0, 0.05) is 12.6 Å². The number of halogens is 2. The molecular weight excluding hydrogens is 285 g/mol. The first kappa shape index (κ1) is 15.1. The molecule has 19 heavy (non-hydrogen) atoms. The molecule has 2 atom stereocenters. The Labute approximate surface area is 124 Å². The molecule has 0 aromatic heterocycles. The monoisotopic (exact) mass is 303 g/mol. The maximum atomic E-state index is 6.06. The molecule has 1 N–H and O–H groups in total. The van der Waals surface area contributed by atoms with Crippen LogP contribution in [0.2, 0.25) is 10.0 Å². The SMILES string of the molecule is CCC(NCC1COCCO1)c1ccc(Cl)c(Cl)c1. The van der Waals surface area contributed by atoms with E-state index in [0.717, 1.165) is 18.5 Å². The van der Waals surface area contributed by atoms with Gasteiger partial charge in [-0.3, -0.25) is 0 Å². The molecule has 1 aliphatic heterocycles. The minimum atomic E-state index is 0.130. The van der Waals surface area contributed by atoms with Gasteiger partial charge in [-0.25, -0.2) is 0 Å². The first-order valence-electron chi connectivity index (χ1n) is 6.58. The summed E-state index contributed by atoms with van der Waals surface area (Å²) in [5.74, 6) is 0. The summed E-state index contributed by atoms with van der Waals surface area (Å²) in [4.78, 5) is 0. The fraction of sp³-hybridized carbons (Fsp3) is 0.571. The lowest BCUT2D eigenvalue weighted by Crippen LogP contribution is -2.38. The van der Waals surface area contributed by atoms with Gasteiger partial charge in [-0.05, 0) is 24.1 Å². The minimum absolute atomic E-state index is 0.130. The van der Waals surface area contributed by atoms with Crippen LogP contribution in [-0.4, -0.2) is 32.5 Å². The highest BCUT2D eigenvalue weighted by molar-refractivity contribution is 6.42. The molecule has 3 nitrogen and oxygen atoms in total. The second-order valence-corrected chi connectivity index (χ2v) is 5.42. The van der Waals surface area contributed by atoms with Gasteiger partial charge in [0.05, 0.1) is 36.0 Å². The van der Waals surface area contributed by atoms with Gasteiger partial charge < -0.3 is 14.8 Å². The summed E-state index contributed by atoms with van der Waals surface area (Å²) in [6.07, 6.45) is 1.11. The molecule has 0 bridgehead atoms. The number of ether oxygens (including phenoxy) is 2. The van der Waals surface area contributed by atoms with Crippen molar-refractivity contribution in [2.45, 2.75) is 25.5 Å². The average Bonchev–Trinajstić information content (AvgIpc) is 2.44. The van der Waals surface area contributed by atoms with Crippen molar-refractivity contribution in [1.29, 1.82) is 0 Å². The molecule has 1 fully saturated rings. The van der Waals surface area contributed by atoms with E-state index in [0.29, 0.717) is 29.9 Å². The van der Waals surface area contributed by atoms with Gasteiger partial charge in [-0.15, -0.1) is 0 Å². The van der Waals surface area contributed by atoms with Crippen LogP contribution < -0.4 is 5.32 Å². The van der Waals surface area contributed by atoms with Crippen LogP contribution in [-0.2, 0) is 9.47 Å². The lowest BCUT2D eigenvalue weighted by molar-refractivity contribution is -0.0871. The first-order chi connectivity index (χ1) is 9.20. The molecule has 2 rings (SSSR count). The van der Waals surface area contributed by atoms with Gasteiger partial charge in [0.2, 0.25) is 0 Å². The smallest absolute Gasteiger partial charge is 0.0933 e. The third-order valence-corrected chi connectivity index (χ3v) is 3.97. The molecule has 5 heteroatoms. The van der Waals surface area contributed by atoms with Gasteiger partial charge in [0.25, 0.3) is 0 Å². The average molecular weight is 304 g/mol. The van der Waals surface area contributed by atoms with Crippen molar-refractivity contribution < 1.29 is 9.47 Å². The van der Waals surface area contributed by atoms with Crippen LogP contribution >= 0.6 is 23.2 Å². The zero-order valence-electron chi connectivity index (χ0n) is 11.0. The standard InChI is InChI=1S/C14H19Cl2NO2/c1-2-14(10-3-4-12(15)13(16)7-10)17-8-11-9-18-5-6-19-11/h3-4,7,11,14,17H,2,5-6,8-9H2,1H3. The van der Waals surface area contributed by atoms with Crippen molar-refractivity contribution in [1.82, 2.24) is 5.32 Å². The van der Waals surface area contributed by atoms with E-state index in [2.05, 4.69) is 12.2 Å². The van der Waals surface area contributed by atoms with Crippen molar-refractivity contribution in [2.75, 3.05) is 26.4 Å². The van der Waals surface area contributed by atoms with E-state index < -0.39 is 0 Å². The summed E-state index contributed by atoms with van der Waals surface area (Å²) in [6, 6.07) is 6.01. The third kappa shape index (κ3) is 4.33. The second kappa shape index (κ2) is 7.46. The zero-order chi connectivity index (χ0) is 13.7. The number of rotatable bonds is 5. The fourth-order valence-electron chi connectivity index (χ4n) is 2.16. The van der Waals surface area contributed by atoms with Gasteiger partial charge in [-0.1, -0.05) is 36.2 Å². The largest absolute Gasteiger partial charge is 0.376 e. The Balaban J connectivity index is 1.93. The van der Waals surface area contributed by atoms with Crippen molar-refractivity contribution in [3.05, 3.63) is 33.8 Å². The molecule has 1 aliphatic rings. The topological polar surface area (TPSA) is 30.5 Å². The van der Waals surface area contributed by atoms with E-state index in [4.69, 9.17) is 32.7 Å². The summed E-state index contributed by atoms with van der Waals surface area (Å²) >= 11 is 12.0. The summed E-state index contributed by atoms with van der Waals surface area (Å²) < 4.78 is 11.0. The van der Waals surface area contributed by atoms with E-state index >= 15 is 0 Å². The number of nitrogens with one attached hydrogen (secondary N) is 1. The Morgan fingerprint density at radius 2 is 2.16 bits per heavy atom. The highest BCUT2D eigenvalue weighted by Gasteiger charge is 2.17. The van der Waals surface area contributed by atoms with Crippen LogP contribution in [0.1, 0.15) is 24.9 Å². The maximum absolute atomic E-state index is 6.06. The van der Waals surface area contributed by atoms with Crippen molar-refractivity contribution in [3.63, 3.8) is 0 Å². The lowest BCUT2D eigenvalue weighted by atomic mass is 10.0. The van der Waals surface area contributed by atoms with E-state index in [-0.39, 0.29) is 12.1 Å². The molecular formula is C14H19Cl2NO2. The number of benzene rings is 1. The van der Waals surface area contributed by atoms with Crippen LogP contribution in [0.25, 0.3) is 0 Å². The first-order valence-corrected chi connectivity index (χ1v) is 7.34. The normalized spacial score (nSPS) is 21.3. The summed E-state index contributed by atoms with van der Waals surface area (Å²) in [5.41, 5.74) is 1.15. The molecule has 0 aliphatic carbocycles. The molecule has 0 radical (unpaired) electrons. The lowest BCUT2D eigenvalue weighted by Gasteiger charge is -2.26. The Hall–Kier alpha value is -0.320. The molecule has 0 spiro atoms. The highest BCUT2D eigenvalue weighted by Crippen LogP contribution is 2.26. The van der Waals surface area contributed by atoms with Crippen LogP contribution in [0.5, 0.6) is 0 Å². The van der Waals surface area contributed by atoms with Crippen LogP contribution in [0.15, 0.2) is 18.2 Å². The van der Waals surface area contributed by atoms with Gasteiger partial charge >= 0.3 is 0 Å².